The summed E-state index contributed by atoms with van der Waals surface area (Å²) < 4.78 is 0. The van der Waals surface area contributed by atoms with Gasteiger partial charge in [-0.1, -0.05) is 6.42 Å². The quantitative estimate of drug-likeness (QED) is 0.784. The Balaban J connectivity index is 1.52. The molecule has 0 aliphatic heterocycles. The molecular formula is C15H26N2O. The summed E-state index contributed by atoms with van der Waals surface area (Å²) in [5, 5.41) is 3.23. The van der Waals surface area contributed by atoms with Gasteiger partial charge < -0.3 is 11.1 Å². The van der Waals surface area contributed by atoms with E-state index in [0.29, 0.717) is 18.4 Å². The molecule has 0 aromatic rings. The Labute approximate surface area is 110 Å². The van der Waals surface area contributed by atoms with Gasteiger partial charge in [-0.25, -0.2) is 0 Å². The standard InChI is InChI=1S/C15H26N2O/c1-15(9-16,13-4-5-13)17-14(18)8-12-7-10-2-3-11(12)6-10/h10-13H,2-9,16H2,1H3,(H,17,18). The second-order valence-electron chi connectivity index (χ2n) is 7.08. The van der Waals surface area contributed by atoms with Crippen LogP contribution in [0.1, 0.15) is 51.9 Å². The number of fused-ring (bicyclic) bond motifs is 2. The van der Waals surface area contributed by atoms with Crippen LogP contribution >= 0.6 is 0 Å². The number of amides is 1. The summed E-state index contributed by atoms with van der Waals surface area (Å²) in [5.74, 6) is 3.28. The van der Waals surface area contributed by atoms with Gasteiger partial charge in [-0.05, 0) is 62.7 Å². The molecule has 3 aliphatic carbocycles. The first-order valence-electron chi connectivity index (χ1n) is 7.62. The van der Waals surface area contributed by atoms with Crippen molar-refractivity contribution >= 4 is 5.91 Å². The highest BCUT2D eigenvalue weighted by Crippen LogP contribution is 2.49. The first kappa shape index (κ1) is 12.5. The highest BCUT2D eigenvalue weighted by Gasteiger charge is 2.43. The number of hydrogen-bond acceptors (Lipinski definition) is 2. The van der Waals surface area contributed by atoms with Crippen LogP contribution in [0.4, 0.5) is 0 Å². The molecule has 2 bridgehead atoms. The number of hydrogen-bond donors (Lipinski definition) is 2. The van der Waals surface area contributed by atoms with Crippen LogP contribution in [0.15, 0.2) is 0 Å². The monoisotopic (exact) mass is 250 g/mol. The van der Waals surface area contributed by atoms with Crippen molar-refractivity contribution in [2.75, 3.05) is 6.54 Å². The van der Waals surface area contributed by atoms with Crippen molar-refractivity contribution in [2.24, 2.45) is 29.4 Å². The van der Waals surface area contributed by atoms with Crippen molar-refractivity contribution in [2.45, 2.75) is 57.4 Å². The molecule has 3 N–H and O–H groups in total. The van der Waals surface area contributed by atoms with Crippen molar-refractivity contribution in [1.82, 2.24) is 5.32 Å². The Kier molecular flexibility index (Phi) is 3.13. The molecule has 1 amide bonds. The molecule has 0 spiro atoms. The fourth-order valence-electron chi connectivity index (χ4n) is 4.27. The molecule has 4 atom stereocenters. The van der Waals surface area contributed by atoms with Crippen molar-refractivity contribution in [1.29, 1.82) is 0 Å². The number of carbonyl (C=O) groups is 1. The van der Waals surface area contributed by atoms with Crippen LogP contribution in [0.5, 0.6) is 0 Å². The van der Waals surface area contributed by atoms with Crippen LogP contribution in [0.2, 0.25) is 0 Å². The maximum atomic E-state index is 12.2. The molecule has 4 unspecified atom stereocenters. The number of nitrogens with two attached hydrogens (primary N) is 1. The van der Waals surface area contributed by atoms with Gasteiger partial charge in [0.2, 0.25) is 5.91 Å². The van der Waals surface area contributed by atoms with Crippen LogP contribution in [0.25, 0.3) is 0 Å². The molecule has 0 radical (unpaired) electrons. The molecule has 0 heterocycles. The number of nitrogens with one attached hydrogen (secondary N) is 1. The van der Waals surface area contributed by atoms with Crippen molar-refractivity contribution in [3.05, 3.63) is 0 Å². The Morgan fingerprint density at radius 3 is 2.56 bits per heavy atom. The van der Waals surface area contributed by atoms with Crippen molar-refractivity contribution in [3.8, 4) is 0 Å². The van der Waals surface area contributed by atoms with E-state index in [2.05, 4.69) is 12.2 Å². The first-order chi connectivity index (χ1) is 8.60. The Bertz CT molecular complexity index is 339. The predicted octanol–water partition coefficient (Wildman–Crippen LogP) is 2.06. The lowest BCUT2D eigenvalue weighted by Gasteiger charge is -2.31. The summed E-state index contributed by atoms with van der Waals surface area (Å²) in [6.07, 6.45) is 8.63. The first-order valence-corrected chi connectivity index (χ1v) is 7.62. The Morgan fingerprint density at radius 2 is 2.06 bits per heavy atom. The fourth-order valence-corrected chi connectivity index (χ4v) is 4.27. The van der Waals surface area contributed by atoms with E-state index in [9.17, 15) is 4.79 Å². The zero-order chi connectivity index (χ0) is 12.8. The van der Waals surface area contributed by atoms with Gasteiger partial charge in [-0.2, -0.15) is 0 Å². The third kappa shape index (κ3) is 2.29. The summed E-state index contributed by atoms with van der Waals surface area (Å²) >= 11 is 0. The van der Waals surface area contributed by atoms with Gasteiger partial charge in [-0.15, -0.1) is 0 Å². The second kappa shape index (κ2) is 4.52. The third-order valence-corrected chi connectivity index (χ3v) is 5.66. The van der Waals surface area contributed by atoms with Gasteiger partial charge in [0, 0.05) is 13.0 Å². The van der Waals surface area contributed by atoms with Gasteiger partial charge in [0.15, 0.2) is 0 Å². The minimum absolute atomic E-state index is 0.144. The van der Waals surface area contributed by atoms with Crippen LogP contribution in [-0.4, -0.2) is 18.0 Å². The van der Waals surface area contributed by atoms with E-state index in [1.165, 1.54) is 38.5 Å². The molecule has 3 saturated carbocycles. The van der Waals surface area contributed by atoms with Crippen LogP contribution in [-0.2, 0) is 4.79 Å². The smallest absolute Gasteiger partial charge is 0.220 e. The van der Waals surface area contributed by atoms with Gasteiger partial charge in [0.25, 0.3) is 0 Å². The van der Waals surface area contributed by atoms with E-state index in [1.807, 2.05) is 0 Å². The summed E-state index contributed by atoms with van der Waals surface area (Å²) in [4.78, 5) is 12.2. The molecule has 3 rings (SSSR count). The number of carbonyl (C=O) groups excluding carboxylic acids is 1. The Morgan fingerprint density at radius 1 is 1.28 bits per heavy atom. The van der Waals surface area contributed by atoms with Gasteiger partial charge in [-0.3, -0.25) is 4.79 Å². The summed E-state index contributed by atoms with van der Waals surface area (Å²) in [7, 11) is 0. The minimum atomic E-state index is -0.144. The van der Waals surface area contributed by atoms with E-state index in [0.717, 1.165) is 18.3 Å². The highest BCUT2D eigenvalue weighted by molar-refractivity contribution is 5.77. The predicted molar refractivity (Wildman–Crippen MR) is 71.9 cm³/mol. The van der Waals surface area contributed by atoms with E-state index in [4.69, 9.17) is 5.73 Å². The minimum Gasteiger partial charge on any atom is -0.349 e. The van der Waals surface area contributed by atoms with Crippen LogP contribution < -0.4 is 11.1 Å². The Hall–Kier alpha value is -0.570. The zero-order valence-corrected chi connectivity index (χ0v) is 11.5. The molecule has 3 aliphatic rings. The topological polar surface area (TPSA) is 55.1 Å². The largest absolute Gasteiger partial charge is 0.349 e. The normalized spacial score (nSPS) is 37.6. The summed E-state index contributed by atoms with van der Waals surface area (Å²) in [5.41, 5.74) is 5.71. The molecule has 0 aromatic carbocycles. The lowest BCUT2D eigenvalue weighted by atomic mass is 9.85. The lowest BCUT2D eigenvalue weighted by molar-refractivity contribution is -0.124. The average molecular weight is 250 g/mol. The number of rotatable bonds is 5. The van der Waals surface area contributed by atoms with E-state index in [1.54, 1.807) is 0 Å². The molecule has 102 valence electrons. The van der Waals surface area contributed by atoms with Gasteiger partial charge in [0.1, 0.15) is 0 Å². The fraction of sp³-hybridized carbons (Fsp3) is 0.933. The second-order valence-corrected chi connectivity index (χ2v) is 7.08. The maximum absolute atomic E-state index is 12.2. The molecule has 18 heavy (non-hydrogen) atoms. The van der Waals surface area contributed by atoms with Gasteiger partial charge in [0.05, 0.1) is 5.54 Å². The van der Waals surface area contributed by atoms with Crippen LogP contribution in [0.3, 0.4) is 0 Å². The lowest BCUT2D eigenvalue weighted by Crippen LogP contribution is -2.53. The molecule has 3 fully saturated rings. The van der Waals surface area contributed by atoms with Gasteiger partial charge >= 0.3 is 0 Å². The maximum Gasteiger partial charge on any atom is 0.220 e. The van der Waals surface area contributed by atoms with Crippen LogP contribution in [0, 0.1) is 23.7 Å². The summed E-state index contributed by atoms with van der Waals surface area (Å²) in [6, 6.07) is 0. The van der Waals surface area contributed by atoms with Crippen molar-refractivity contribution < 1.29 is 4.79 Å². The van der Waals surface area contributed by atoms with E-state index < -0.39 is 0 Å². The molecule has 0 aromatic heterocycles. The molecule has 3 heteroatoms. The molecular weight excluding hydrogens is 224 g/mol. The third-order valence-electron chi connectivity index (χ3n) is 5.66. The molecule has 0 saturated heterocycles. The van der Waals surface area contributed by atoms with E-state index in [-0.39, 0.29) is 11.4 Å². The SMILES string of the molecule is CC(CN)(NC(=O)CC1CC2CCC1C2)C1CC1. The zero-order valence-electron chi connectivity index (χ0n) is 11.5. The highest BCUT2D eigenvalue weighted by atomic mass is 16.1. The van der Waals surface area contributed by atoms with Crippen molar-refractivity contribution in [3.63, 3.8) is 0 Å². The average Bonchev–Trinajstić information content (AvgIpc) is 3.02. The molecule has 3 nitrogen and oxygen atoms in total. The van der Waals surface area contributed by atoms with E-state index >= 15 is 0 Å². The summed E-state index contributed by atoms with van der Waals surface area (Å²) in [6.45, 7) is 2.68.